The molecule has 0 radical (unpaired) electrons. The monoisotopic (exact) mass is 385 g/mol. The number of halogens is 1. The fourth-order valence-electron chi connectivity index (χ4n) is 4.45. The average molecular weight is 385 g/mol. The molecule has 1 N–H and O–H groups in total. The molecule has 6 nitrogen and oxygen atoms in total. The predicted octanol–water partition coefficient (Wildman–Crippen LogP) is 3.17. The largest absolute Gasteiger partial charge is 0.368 e. The Morgan fingerprint density at radius 1 is 1.29 bits per heavy atom. The third-order valence-corrected chi connectivity index (χ3v) is 6.25. The summed E-state index contributed by atoms with van der Waals surface area (Å²) in [5.41, 5.74) is 4.37. The highest BCUT2D eigenvalue weighted by molar-refractivity contribution is 5.75. The van der Waals surface area contributed by atoms with Crippen LogP contribution in [0.1, 0.15) is 42.6 Å². The number of aryl methyl sites for hydroxylation is 1. The smallest absolute Gasteiger partial charge is 0.317 e. The van der Waals surface area contributed by atoms with Gasteiger partial charge in [-0.25, -0.2) is 9.18 Å². The normalized spacial score (nSPS) is 18.3. The van der Waals surface area contributed by atoms with E-state index in [4.69, 9.17) is 0 Å². The molecule has 0 bridgehead atoms. The third kappa shape index (κ3) is 3.45. The van der Waals surface area contributed by atoms with Crippen molar-refractivity contribution in [3.05, 3.63) is 47.0 Å². The molecule has 2 aromatic rings. The highest BCUT2D eigenvalue weighted by Crippen LogP contribution is 2.33. The molecule has 0 saturated carbocycles. The van der Waals surface area contributed by atoms with E-state index in [0.717, 1.165) is 61.4 Å². The number of carbonyl (C=O) groups excluding carboxylic acids is 1. The number of urea groups is 1. The molecule has 1 aromatic carbocycles. The first-order valence-electron chi connectivity index (χ1n) is 10.0. The zero-order chi connectivity index (χ0) is 19.8. The number of carbonyl (C=O) groups is 1. The zero-order valence-electron chi connectivity index (χ0n) is 16.8. The number of nitrogens with zero attached hydrogens (tertiary/aromatic N) is 4. The summed E-state index contributed by atoms with van der Waals surface area (Å²) in [4.78, 5) is 17.0. The van der Waals surface area contributed by atoms with Crippen molar-refractivity contribution in [2.24, 2.45) is 7.05 Å². The molecule has 2 aliphatic rings. The van der Waals surface area contributed by atoms with Crippen LogP contribution < -0.4 is 10.2 Å². The Bertz CT molecular complexity index is 872. The minimum Gasteiger partial charge on any atom is -0.368 e. The SMILES string of the molecule is Cc1c(C(C)NC(=O)N2CCC(N3CCc4cc(F)ccc43)CC2)cnn1C. The number of aromatic nitrogens is 2. The summed E-state index contributed by atoms with van der Waals surface area (Å²) in [5, 5.41) is 7.36. The number of benzene rings is 1. The van der Waals surface area contributed by atoms with Crippen molar-refractivity contribution in [1.82, 2.24) is 20.0 Å². The third-order valence-electron chi connectivity index (χ3n) is 6.25. The molecule has 2 amide bonds. The Morgan fingerprint density at radius 2 is 2.04 bits per heavy atom. The number of likely N-dealkylation sites (tertiary alicyclic amines) is 1. The van der Waals surface area contributed by atoms with Crippen molar-refractivity contribution >= 4 is 11.7 Å². The molecule has 1 fully saturated rings. The van der Waals surface area contributed by atoms with E-state index in [1.165, 1.54) is 0 Å². The molecule has 1 unspecified atom stereocenters. The number of fused-ring (bicyclic) bond motifs is 1. The van der Waals surface area contributed by atoms with E-state index in [1.807, 2.05) is 42.7 Å². The molecule has 150 valence electrons. The molecule has 4 rings (SSSR count). The van der Waals surface area contributed by atoms with Gasteiger partial charge in [-0.1, -0.05) is 0 Å². The topological polar surface area (TPSA) is 53.4 Å². The maximum Gasteiger partial charge on any atom is 0.317 e. The second-order valence-corrected chi connectivity index (χ2v) is 7.91. The molecule has 7 heteroatoms. The summed E-state index contributed by atoms with van der Waals surface area (Å²) < 4.78 is 15.3. The number of hydrogen-bond acceptors (Lipinski definition) is 3. The summed E-state index contributed by atoms with van der Waals surface area (Å²) in [6.45, 7) is 6.42. The number of amides is 2. The van der Waals surface area contributed by atoms with E-state index in [9.17, 15) is 9.18 Å². The van der Waals surface area contributed by atoms with Gasteiger partial charge in [-0.05, 0) is 56.9 Å². The van der Waals surface area contributed by atoms with Gasteiger partial charge >= 0.3 is 6.03 Å². The van der Waals surface area contributed by atoms with Gasteiger partial charge in [0.1, 0.15) is 5.82 Å². The highest BCUT2D eigenvalue weighted by atomic mass is 19.1. The lowest BCUT2D eigenvalue weighted by molar-refractivity contribution is 0.177. The predicted molar refractivity (Wildman–Crippen MR) is 107 cm³/mol. The molecule has 1 aromatic heterocycles. The van der Waals surface area contributed by atoms with Gasteiger partial charge < -0.3 is 15.1 Å². The summed E-state index contributed by atoms with van der Waals surface area (Å²) in [7, 11) is 1.91. The van der Waals surface area contributed by atoms with Gasteiger partial charge in [0.2, 0.25) is 0 Å². The minimum atomic E-state index is -0.162. The van der Waals surface area contributed by atoms with Crippen LogP contribution in [0.5, 0.6) is 0 Å². The quantitative estimate of drug-likeness (QED) is 0.883. The second kappa shape index (κ2) is 7.45. The maximum atomic E-state index is 13.4. The molecule has 28 heavy (non-hydrogen) atoms. The van der Waals surface area contributed by atoms with Crippen molar-refractivity contribution < 1.29 is 9.18 Å². The van der Waals surface area contributed by atoms with E-state index in [2.05, 4.69) is 15.3 Å². The molecular weight excluding hydrogens is 357 g/mol. The molecule has 1 atom stereocenters. The molecular formula is C21H28FN5O. The zero-order valence-corrected chi connectivity index (χ0v) is 16.8. The van der Waals surface area contributed by atoms with Crippen LogP contribution in [0.2, 0.25) is 0 Å². The minimum absolute atomic E-state index is 0.0157. The Balaban J connectivity index is 1.33. The Morgan fingerprint density at radius 3 is 2.71 bits per heavy atom. The van der Waals surface area contributed by atoms with Crippen LogP contribution in [-0.2, 0) is 13.5 Å². The van der Waals surface area contributed by atoms with Crippen LogP contribution in [0.4, 0.5) is 14.9 Å². The Kier molecular flexibility index (Phi) is 5.00. The Hall–Kier alpha value is -2.57. The van der Waals surface area contributed by atoms with Gasteiger partial charge in [-0.3, -0.25) is 4.68 Å². The van der Waals surface area contributed by atoms with E-state index in [-0.39, 0.29) is 17.9 Å². The number of hydrogen-bond donors (Lipinski definition) is 1. The van der Waals surface area contributed by atoms with Crippen molar-refractivity contribution in [2.45, 2.75) is 45.2 Å². The van der Waals surface area contributed by atoms with Crippen molar-refractivity contribution in [3.8, 4) is 0 Å². The van der Waals surface area contributed by atoms with Gasteiger partial charge in [0.05, 0.1) is 12.2 Å². The summed E-state index contributed by atoms with van der Waals surface area (Å²) in [5.74, 6) is -0.162. The lowest BCUT2D eigenvalue weighted by Gasteiger charge is -2.38. The second-order valence-electron chi connectivity index (χ2n) is 7.91. The summed E-state index contributed by atoms with van der Waals surface area (Å²) in [6, 6.07) is 5.42. The number of piperidine rings is 1. The summed E-state index contributed by atoms with van der Waals surface area (Å²) in [6.07, 6.45) is 4.59. The number of rotatable bonds is 3. The first-order valence-corrected chi connectivity index (χ1v) is 10.0. The van der Waals surface area contributed by atoms with Crippen LogP contribution in [0, 0.1) is 12.7 Å². The van der Waals surface area contributed by atoms with E-state index < -0.39 is 0 Å². The van der Waals surface area contributed by atoms with Crippen LogP contribution >= 0.6 is 0 Å². The lowest BCUT2D eigenvalue weighted by atomic mass is 10.0. The first-order chi connectivity index (χ1) is 13.4. The summed E-state index contributed by atoms with van der Waals surface area (Å²) >= 11 is 0. The van der Waals surface area contributed by atoms with E-state index >= 15 is 0 Å². The fourth-order valence-corrected chi connectivity index (χ4v) is 4.45. The highest BCUT2D eigenvalue weighted by Gasteiger charge is 2.31. The van der Waals surface area contributed by atoms with Gasteiger partial charge in [0.15, 0.2) is 0 Å². The van der Waals surface area contributed by atoms with Crippen LogP contribution in [0.15, 0.2) is 24.4 Å². The molecule has 1 saturated heterocycles. The fraction of sp³-hybridized carbons (Fsp3) is 0.524. The lowest BCUT2D eigenvalue weighted by Crippen LogP contribution is -2.49. The van der Waals surface area contributed by atoms with Crippen LogP contribution in [-0.4, -0.2) is 46.4 Å². The molecule has 0 spiro atoms. The van der Waals surface area contributed by atoms with Gasteiger partial charge in [0.25, 0.3) is 0 Å². The molecule has 3 heterocycles. The number of nitrogens with one attached hydrogen (secondary N) is 1. The van der Waals surface area contributed by atoms with Crippen LogP contribution in [0.25, 0.3) is 0 Å². The van der Waals surface area contributed by atoms with E-state index in [0.29, 0.717) is 6.04 Å². The van der Waals surface area contributed by atoms with Crippen molar-refractivity contribution in [3.63, 3.8) is 0 Å². The maximum absolute atomic E-state index is 13.4. The van der Waals surface area contributed by atoms with Crippen LogP contribution in [0.3, 0.4) is 0 Å². The van der Waals surface area contributed by atoms with Crippen molar-refractivity contribution in [2.75, 3.05) is 24.5 Å². The first kappa shape index (κ1) is 18.8. The molecule has 0 aliphatic carbocycles. The van der Waals surface area contributed by atoms with Crippen molar-refractivity contribution in [1.29, 1.82) is 0 Å². The van der Waals surface area contributed by atoms with Gasteiger partial charge in [-0.15, -0.1) is 0 Å². The average Bonchev–Trinajstić information content (AvgIpc) is 3.25. The number of anilines is 1. The van der Waals surface area contributed by atoms with E-state index in [1.54, 1.807) is 12.1 Å². The molecule has 2 aliphatic heterocycles. The van der Waals surface area contributed by atoms with Gasteiger partial charge in [0, 0.05) is 49.7 Å². The standard InChI is InChI=1S/C21H28FN5O/c1-14(19-13-23-25(3)15(19)2)24-21(28)26-9-7-18(8-10-26)27-11-6-16-12-17(22)4-5-20(16)27/h4-5,12-14,18H,6-11H2,1-3H3,(H,24,28). The Labute approximate surface area is 165 Å². The van der Waals surface area contributed by atoms with Gasteiger partial charge in [-0.2, -0.15) is 5.10 Å².